The summed E-state index contributed by atoms with van der Waals surface area (Å²) >= 11 is 0. The number of rotatable bonds is 6. The summed E-state index contributed by atoms with van der Waals surface area (Å²) in [5, 5.41) is 2.76. The third kappa shape index (κ3) is 4.63. The Bertz CT molecular complexity index is 1070. The molecule has 1 amide bonds. The van der Waals surface area contributed by atoms with Gasteiger partial charge in [-0.3, -0.25) is 9.10 Å². The van der Waals surface area contributed by atoms with Gasteiger partial charge in [0, 0.05) is 6.07 Å². The van der Waals surface area contributed by atoms with Gasteiger partial charge in [-0.15, -0.1) is 0 Å². The molecule has 0 aliphatic carbocycles. The minimum absolute atomic E-state index is 0.177. The average molecular weight is 448 g/mol. The molecule has 4 rings (SSSR count). The number of carbonyl (C=O) groups excluding carboxylic acids is 1. The molecule has 0 radical (unpaired) electrons. The van der Waals surface area contributed by atoms with Crippen molar-refractivity contribution in [3.05, 3.63) is 42.5 Å². The third-order valence-electron chi connectivity index (χ3n) is 4.94. The van der Waals surface area contributed by atoms with Crippen molar-refractivity contribution in [1.29, 1.82) is 0 Å². The summed E-state index contributed by atoms with van der Waals surface area (Å²) in [6.45, 7) is 2.79. The molecule has 0 fully saturated rings. The van der Waals surface area contributed by atoms with E-state index in [1.807, 2.05) is 18.2 Å². The first-order valence-corrected chi connectivity index (χ1v) is 11.7. The number of ether oxygens (including phenoxy) is 4. The van der Waals surface area contributed by atoms with Gasteiger partial charge in [0.2, 0.25) is 15.9 Å². The van der Waals surface area contributed by atoms with E-state index >= 15 is 0 Å². The van der Waals surface area contributed by atoms with E-state index in [1.165, 1.54) is 6.92 Å². The summed E-state index contributed by atoms with van der Waals surface area (Å²) in [5.41, 5.74) is 0.320. The summed E-state index contributed by atoms with van der Waals surface area (Å²) in [5.74, 6) is 1.78. The number of hydrogen-bond donors (Lipinski definition) is 1. The van der Waals surface area contributed by atoms with Gasteiger partial charge in [0.1, 0.15) is 32.0 Å². The van der Waals surface area contributed by atoms with Crippen LogP contribution in [0.15, 0.2) is 42.5 Å². The van der Waals surface area contributed by atoms with Crippen molar-refractivity contribution < 1.29 is 32.2 Å². The fourth-order valence-corrected chi connectivity index (χ4v) is 4.67. The van der Waals surface area contributed by atoms with Crippen LogP contribution in [0.2, 0.25) is 0 Å². The van der Waals surface area contributed by atoms with Crippen molar-refractivity contribution >= 4 is 21.6 Å². The van der Waals surface area contributed by atoms with Crippen LogP contribution < -0.4 is 28.6 Å². The van der Waals surface area contributed by atoms with Crippen LogP contribution in [0.4, 0.5) is 5.69 Å². The van der Waals surface area contributed by atoms with Gasteiger partial charge >= 0.3 is 0 Å². The van der Waals surface area contributed by atoms with Crippen molar-refractivity contribution in [2.45, 2.75) is 19.1 Å². The fourth-order valence-electron chi connectivity index (χ4n) is 3.50. The second-order valence-corrected chi connectivity index (χ2v) is 9.16. The zero-order valence-electron chi connectivity index (χ0n) is 17.2. The maximum Gasteiger partial charge on any atom is 0.243 e. The second-order valence-electron chi connectivity index (χ2n) is 7.31. The van der Waals surface area contributed by atoms with Gasteiger partial charge in [-0.2, -0.15) is 0 Å². The molecular weight excluding hydrogens is 424 g/mol. The molecule has 0 aromatic heterocycles. The van der Waals surface area contributed by atoms with Gasteiger partial charge in [-0.05, 0) is 31.2 Å². The first kappa shape index (κ1) is 21.1. The number of nitrogens with one attached hydrogen (secondary N) is 1. The highest BCUT2D eigenvalue weighted by molar-refractivity contribution is 7.92. The highest BCUT2D eigenvalue weighted by Gasteiger charge is 2.31. The summed E-state index contributed by atoms with van der Waals surface area (Å²) in [7, 11) is -3.75. The van der Waals surface area contributed by atoms with Crippen molar-refractivity contribution in [1.82, 2.24) is 5.32 Å². The number of nitrogens with zero attached hydrogens (tertiary/aromatic N) is 1. The number of carbonyl (C=O) groups is 1. The van der Waals surface area contributed by atoms with Crippen molar-refractivity contribution in [2.75, 3.05) is 36.9 Å². The van der Waals surface area contributed by atoms with Gasteiger partial charge in [-0.1, -0.05) is 12.1 Å². The molecule has 0 saturated heterocycles. The number of hydrogen-bond acceptors (Lipinski definition) is 7. The Labute approximate surface area is 180 Å². The van der Waals surface area contributed by atoms with Crippen LogP contribution in [0.1, 0.15) is 6.92 Å². The number of amides is 1. The highest BCUT2D eigenvalue weighted by Crippen LogP contribution is 2.35. The zero-order valence-corrected chi connectivity index (χ0v) is 18.1. The molecule has 10 heteroatoms. The van der Waals surface area contributed by atoms with Gasteiger partial charge in [0.05, 0.1) is 18.5 Å². The molecule has 0 bridgehead atoms. The normalized spacial score (nSPS) is 18.1. The van der Waals surface area contributed by atoms with Crippen LogP contribution >= 0.6 is 0 Å². The molecule has 0 spiro atoms. The molecule has 2 heterocycles. The Balaban J connectivity index is 1.45. The van der Waals surface area contributed by atoms with E-state index in [9.17, 15) is 13.2 Å². The molecule has 2 aliphatic rings. The van der Waals surface area contributed by atoms with Gasteiger partial charge in [0.25, 0.3) is 0 Å². The summed E-state index contributed by atoms with van der Waals surface area (Å²) in [6, 6.07) is 11.1. The smallest absolute Gasteiger partial charge is 0.243 e. The molecule has 1 N–H and O–H groups in total. The van der Waals surface area contributed by atoms with Gasteiger partial charge in [-0.25, -0.2) is 8.42 Å². The average Bonchev–Trinajstić information content (AvgIpc) is 2.76. The van der Waals surface area contributed by atoms with Crippen LogP contribution in [0.3, 0.4) is 0 Å². The van der Waals surface area contributed by atoms with Crippen molar-refractivity contribution in [3.63, 3.8) is 0 Å². The van der Waals surface area contributed by atoms with E-state index in [0.29, 0.717) is 41.9 Å². The lowest BCUT2D eigenvalue weighted by atomic mass is 10.2. The highest BCUT2D eigenvalue weighted by atomic mass is 32.2. The summed E-state index contributed by atoms with van der Waals surface area (Å²) in [4.78, 5) is 12.8. The molecule has 0 unspecified atom stereocenters. The summed E-state index contributed by atoms with van der Waals surface area (Å²) < 4.78 is 48.6. The van der Waals surface area contributed by atoms with Crippen LogP contribution in [0, 0.1) is 0 Å². The SMILES string of the molecule is C[C@@H](C(=O)NC[C@@H]1COc2ccccc2O1)N(c1ccc2c(c1)OCCO2)S(C)(=O)=O. The van der Waals surface area contributed by atoms with Crippen molar-refractivity contribution in [2.24, 2.45) is 0 Å². The van der Waals surface area contributed by atoms with Crippen molar-refractivity contribution in [3.8, 4) is 23.0 Å². The number of benzene rings is 2. The number of para-hydroxylation sites is 2. The third-order valence-corrected chi connectivity index (χ3v) is 6.18. The van der Waals surface area contributed by atoms with Crippen LogP contribution in [-0.2, 0) is 14.8 Å². The summed E-state index contributed by atoms with van der Waals surface area (Å²) in [6.07, 6.45) is 0.676. The lowest BCUT2D eigenvalue weighted by Crippen LogP contribution is -2.50. The topological polar surface area (TPSA) is 103 Å². The van der Waals surface area contributed by atoms with E-state index < -0.39 is 22.0 Å². The molecule has 2 aliphatic heterocycles. The van der Waals surface area contributed by atoms with Crippen LogP contribution in [0.25, 0.3) is 0 Å². The van der Waals surface area contributed by atoms with E-state index in [0.717, 1.165) is 10.6 Å². The molecule has 166 valence electrons. The molecule has 2 atom stereocenters. The standard InChI is InChI=1S/C21H24N2O7S/c1-14(21(24)22-12-16-13-29-17-5-3-4-6-19(17)30-16)23(31(2,25)26)15-7-8-18-20(11-15)28-10-9-27-18/h3-8,11,14,16H,9-10,12-13H2,1-2H3,(H,22,24)/t14-,16+/m0/s1. The predicted molar refractivity (Wildman–Crippen MR) is 114 cm³/mol. The largest absolute Gasteiger partial charge is 0.486 e. The predicted octanol–water partition coefficient (Wildman–Crippen LogP) is 1.57. The molecular formula is C21H24N2O7S. The molecule has 9 nitrogen and oxygen atoms in total. The Morgan fingerprint density at radius 3 is 2.48 bits per heavy atom. The lowest BCUT2D eigenvalue weighted by Gasteiger charge is -2.30. The molecule has 0 saturated carbocycles. The maximum absolute atomic E-state index is 12.8. The minimum atomic E-state index is -3.75. The van der Waals surface area contributed by atoms with E-state index in [2.05, 4.69) is 5.32 Å². The fraction of sp³-hybridized carbons (Fsp3) is 0.381. The Hall–Kier alpha value is -3.14. The number of anilines is 1. The second kappa shape index (κ2) is 8.54. The van der Waals surface area contributed by atoms with Gasteiger partial charge < -0.3 is 24.3 Å². The van der Waals surface area contributed by atoms with Gasteiger partial charge in [0.15, 0.2) is 23.0 Å². The monoisotopic (exact) mass is 448 g/mol. The molecule has 2 aromatic carbocycles. The zero-order chi connectivity index (χ0) is 22.0. The molecule has 31 heavy (non-hydrogen) atoms. The first-order valence-electron chi connectivity index (χ1n) is 9.88. The minimum Gasteiger partial charge on any atom is -0.486 e. The Morgan fingerprint density at radius 1 is 1.06 bits per heavy atom. The van der Waals surface area contributed by atoms with E-state index in [-0.39, 0.29) is 19.3 Å². The lowest BCUT2D eigenvalue weighted by molar-refractivity contribution is -0.122. The maximum atomic E-state index is 12.8. The first-order chi connectivity index (χ1) is 14.8. The van der Waals surface area contributed by atoms with E-state index in [4.69, 9.17) is 18.9 Å². The van der Waals surface area contributed by atoms with E-state index in [1.54, 1.807) is 24.3 Å². The quantitative estimate of drug-likeness (QED) is 0.715. The van der Waals surface area contributed by atoms with Crippen LogP contribution in [-0.4, -0.2) is 59.1 Å². The van der Waals surface area contributed by atoms with Crippen LogP contribution in [0.5, 0.6) is 23.0 Å². The molecule has 2 aromatic rings. The Kier molecular flexibility index (Phi) is 5.81. The number of sulfonamides is 1. The number of fused-ring (bicyclic) bond motifs is 2. The Morgan fingerprint density at radius 2 is 1.74 bits per heavy atom.